The Morgan fingerprint density at radius 3 is 2.50 bits per heavy atom. The van der Waals surface area contributed by atoms with Gasteiger partial charge in [-0.05, 0) is 37.1 Å². The molecule has 0 radical (unpaired) electrons. The maximum atomic E-state index is 15.3. The number of nitrogens with zero attached hydrogens (tertiary/aromatic N) is 2. The van der Waals surface area contributed by atoms with E-state index in [0.29, 0.717) is 45.0 Å². The summed E-state index contributed by atoms with van der Waals surface area (Å²) in [6, 6.07) is 5.29. The first-order valence-electron chi connectivity index (χ1n) is 8.70. The predicted molar refractivity (Wildman–Crippen MR) is 88.9 cm³/mol. The predicted octanol–water partition coefficient (Wildman–Crippen LogP) is 1.39. The van der Waals surface area contributed by atoms with Crippen molar-refractivity contribution in [3.8, 4) is 5.75 Å². The minimum absolute atomic E-state index is 0.103. The van der Waals surface area contributed by atoms with Gasteiger partial charge in [0.2, 0.25) is 5.67 Å². The van der Waals surface area contributed by atoms with Crippen LogP contribution in [0.3, 0.4) is 0 Å². The van der Waals surface area contributed by atoms with Gasteiger partial charge in [-0.25, -0.2) is 8.78 Å². The lowest BCUT2D eigenvalue weighted by atomic mass is 9.92. The Morgan fingerprint density at radius 2 is 1.81 bits per heavy atom. The second-order valence-corrected chi connectivity index (χ2v) is 6.53. The molecule has 1 aromatic carbocycles. The smallest absolute Gasteiger partial charge is 0.262 e. The first kappa shape index (κ1) is 18.6. The summed E-state index contributed by atoms with van der Waals surface area (Å²) in [7, 11) is 0. The van der Waals surface area contributed by atoms with Crippen LogP contribution in [-0.2, 0) is 14.3 Å². The summed E-state index contributed by atoms with van der Waals surface area (Å²) in [5.74, 6) is -1.01. The molecule has 1 atom stereocenters. The van der Waals surface area contributed by atoms with Crippen molar-refractivity contribution in [3.63, 3.8) is 0 Å². The first-order valence-corrected chi connectivity index (χ1v) is 8.70. The van der Waals surface area contributed by atoms with Gasteiger partial charge in [0.05, 0.1) is 19.8 Å². The van der Waals surface area contributed by atoms with E-state index in [-0.39, 0.29) is 19.6 Å². The average molecular weight is 368 g/mol. The van der Waals surface area contributed by atoms with Crippen LogP contribution in [-0.4, -0.2) is 73.3 Å². The Hall–Kier alpha value is -2.22. The summed E-state index contributed by atoms with van der Waals surface area (Å²) < 4.78 is 38.7. The van der Waals surface area contributed by atoms with Crippen molar-refractivity contribution in [1.29, 1.82) is 0 Å². The molecular formula is C18H22F2N2O4. The molecule has 0 spiro atoms. The van der Waals surface area contributed by atoms with Crippen molar-refractivity contribution in [1.82, 2.24) is 9.80 Å². The number of likely N-dealkylation sites (tertiary alicyclic amines) is 1. The number of hydrogen-bond donors (Lipinski definition) is 0. The van der Waals surface area contributed by atoms with E-state index in [2.05, 4.69) is 0 Å². The summed E-state index contributed by atoms with van der Waals surface area (Å²) in [6.45, 7) is 1.36. The molecule has 2 fully saturated rings. The molecule has 2 amide bonds. The van der Waals surface area contributed by atoms with Gasteiger partial charge in [-0.2, -0.15) is 0 Å². The minimum Gasteiger partial charge on any atom is -0.484 e. The number of benzene rings is 1. The number of hydrogen-bond acceptors (Lipinski definition) is 4. The van der Waals surface area contributed by atoms with Crippen LogP contribution >= 0.6 is 0 Å². The summed E-state index contributed by atoms with van der Waals surface area (Å²) in [5, 5.41) is 0. The standard InChI is InChI=1S/C18H22F2N2O4/c19-14-2-4-15(5-3-14)26-12-16(23)22-7-1-6-18(20,13-22)17(24)21-8-10-25-11-9-21/h2-5H,1,6-13H2. The van der Waals surface area contributed by atoms with Crippen LogP contribution in [0, 0.1) is 5.82 Å². The fourth-order valence-electron chi connectivity index (χ4n) is 3.22. The number of rotatable bonds is 4. The molecule has 6 nitrogen and oxygen atoms in total. The van der Waals surface area contributed by atoms with E-state index in [9.17, 15) is 14.0 Å². The molecule has 0 aliphatic carbocycles. The molecule has 1 unspecified atom stereocenters. The normalized spacial score (nSPS) is 23.6. The highest BCUT2D eigenvalue weighted by molar-refractivity contribution is 5.87. The number of halogens is 2. The fourth-order valence-corrected chi connectivity index (χ4v) is 3.22. The zero-order valence-electron chi connectivity index (χ0n) is 14.5. The Bertz CT molecular complexity index is 649. The van der Waals surface area contributed by atoms with E-state index >= 15 is 4.39 Å². The molecule has 3 rings (SSSR count). The quantitative estimate of drug-likeness (QED) is 0.806. The van der Waals surface area contributed by atoms with Crippen LogP contribution in [0.25, 0.3) is 0 Å². The van der Waals surface area contributed by atoms with Crippen molar-refractivity contribution in [2.24, 2.45) is 0 Å². The van der Waals surface area contributed by atoms with Gasteiger partial charge in [-0.1, -0.05) is 0 Å². The van der Waals surface area contributed by atoms with Gasteiger partial charge in [-0.3, -0.25) is 9.59 Å². The number of carbonyl (C=O) groups is 2. The number of amides is 2. The average Bonchev–Trinajstić information content (AvgIpc) is 2.67. The third kappa shape index (κ3) is 4.30. The fraction of sp³-hybridized carbons (Fsp3) is 0.556. The zero-order valence-corrected chi connectivity index (χ0v) is 14.5. The van der Waals surface area contributed by atoms with E-state index in [0.717, 1.165) is 0 Å². The Morgan fingerprint density at radius 1 is 1.12 bits per heavy atom. The lowest BCUT2D eigenvalue weighted by molar-refractivity contribution is -0.155. The van der Waals surface area contributed by atoms with Crippen molar-refractivity contribution >= 4 is 11.8 Å². The number of carbonyl (C=O) groups excluding carboxylic acids is 2. The van der Waals surface area contributed by atoms with E-state index < -0.39 is 23.3 Å². The summed E-state index contributed by atoms with van der Waals surface area (Å²) >= 11 is 0. The van der Waals surface area contributed by atoms with Gasteiger partial charge in [-0.15, -0.1) is 0 Å². The number of piperidine rings is 1. The molecule has 26 heavy (non-hydrogen) atoms. The minimum atomic E-state index is -2.07. The van der Waals surface area contributed by atoms with E-state index in [1.807, 2.05) is 0 Å². The third-order valence-electron chi connectivity index (χ3n) is 4.65. The summed E-state index contributed by atoms with van der Waals surface area (Å²) in [4.78, 5) is 27.7. The highest BCUT2D eigenvalue weighted by atomic mass is 19.1. The first-order chi connectivity index (χ1) is 12.5. The zero-order chi connectivity index (χ0) is 18.6. The number of ether oxygens (including phenoxy) is 2. The molecule has 142 valence electrons. The second-order valence-electron chi connectivity index (χ2n) is 6.53. The molecule has 8 heteroatoms. The lowest BCUT2D eigenvalue weighted by Gasteiger charge is -2.39. The second kappa shape index (κ2) is 7.99. The Balaban J connectivity index is 1.57. The topological polar surface area (TPSA) is 59.1 Å². The molecule has 0 N–H and O–H groups in total. The molecular weight excluding hydrogens is 346 g/mol. The Kier molecular flexibility index (Phi) is 5.70. The monoisotopic (exact) mass is 368 g/mol. The molecule has 2 aliphatic rings. The van der Waals surface area contributed by atoms with Gasteiger partial charge in [0, 0.05) is 19.6 Å². The van der Waals surface area contributed by atoms with Crippen LogP contribution in [0.4, 0.5) is 8.78 Å². The van der Waals surface area contributed by atoms with Gasteiger partial charge in [0.1, 0.15) is 11.6 Å². The van der Waals surface area contributed by atoms with Gasteiger partial charge in [0.15, 0.2) is 6.61 Å². The van der Waals surface area contributed by atoms with Gasteiger partial charge < -0.3 is 19.3 Å². The molecule has 0 bridgehead atoms. The number of morpholine rings is 1. The van der Waals surface area contributed by atoms with Crippen LogP contribution in [0.2, 0.25) is 0 Å². The maximum absolute atomic E-state index is 15.3. The molecule has 2 heterocycles. The van der Waals surface area contributed by atoms with Crippen molar-refractivity contribution in [3.05, 3.63) is 30.1 Å². The molecule has 0 saturated carbocycles. The largest absolute Gasteiger partial charge is 0.484 e. The summed E-state index contributed by atoms with van der Waals surface area (Å²) in [6.07, 6.45) is 0.515. The highest BCUT2D eigenvalue weighted by Gasteiger charge is 2.46. The lowest BCUT2D eigenvalue weighted by Crippen LogP contribution is -2.58. The van der Waals surface area contributed by atoms with Gasteiger partial charge in [0.25, 0.3) is 11.8 Å². The van der Waals surface area contributed by atoms with E-state index in [1.54, 1.807) is 0 Å². The van der Waals surface area contributed by atoms with Crippen LogP contribution in [0.1, 0.15) is 12.8 Å². The van der Waals surface area contributed by atoms with Crippen LogP contribution in [0.15, 0.2) is 24.3 Å². The SMILES string of the molecule is O=C(COc1ccc(F)cc1)N1CCCC(F)(C(=O)N2CCOCC2)C1. The molecule has 1 aromatic rings. The highest BCUT2D eigenvalue weighted by Crippen LogP contribution is 2.28. The van der Waals surface area contributed by atoms with Crippen molar-refractivity contribution in [2.45, 2.75) is 18.5 Å². The van der Waals surface area contributed by atoms with Crippen molar-refractivity contribution in [2.75, 3.05) is 46.0 Å². The third-order valence-corrected chi connectivity index (χ3v) is 4.65. The maximum Gasteiger partial charge on any atom is 0.262 e. The van der Waals surface area contributed by atoms with Crippen LogP contribution < -0.4 is 4.74 Å². The molecule has 2 saturated heterocycles. The van der Waals surface area contributed by atoms with E-state index in [4.69, 9.17) is 9.47 Å². The summed E-state index contributed by atoms with van der Waals surface area (Å²) in [5.41, 5.74) is -2.07. The van der Waals surface area contributed by atoms with E-state index in [1.165, 1.54) is 34.1 Å². The van der Waals surface area contributed by atoms with Gasteiger partial charge >= 0.3 is 0 Å². The molecule has 2 aliphatic heterocycles. The van der Waals surface area contributed by atoms with Crippen LogP contribution in [0.5, 0.6) is 5.75 Å². The Labute approximate surface area is 150 Å². The molecule has 0 aromatic heterocycles. The number of alkyl halides is 1. The van der Waals surface area contributed by atoms with Crippen molar-refractivity contribution < 1.29 is 27.8 Å².